The number of benzene rings is 2. The molecule has 38 heavy (non-hydrogen) atoms. The molecule has 2 aromatic heterocycles. The van der Waals surface area contributed by atoms with Gasteiger partial charge in [0.15, 0.2) is 5.84 Å². The molecular formula is C29H27Cl2FN4S2. The first-order valence-electron chi connectivity index (χ1n) is 12.4. The van der Waals surface area contributed by atoms with Crippen molar-refractivity contribution in [2.45, 2.75) is 45.6 Å². The summed E-state index contributed by atoms with van der Waals surface area (Å²) in [6, 6.07) is 16.4. The Labute approximate surface area is 241 Å². The first-order chi connectivity index (χ1) is 18.1. The summed E-state index contributed by atoms with van der Waals surface area (Å²) in [6.45, 7) is 6.26. The highest BCUT2D eigenvalue weighted by molar-refractivity contribution is 7.80. The molecule has 0 fully saturated rings. The maximum atomic E-state index is 13.3. The molecule has 9 heteroatoms. The van der Waals surface area contributed by atoms with Crippen LogP contribution in [0.15, 0.2) is 59.6 Å². The van der Waals surface area contributed by atoms with E-state index in [1.165, 1.54) is 17.0 Å². The third kappa shape index (κ3) is 4.93. The molecule has 196 valence electrons. The largest absolute Gasteiger partial charge is 0.346 e. The Kier molecular flexibility index (Phi) is 7.48. The van der Waals surface area contributed by atoms with Gasteiger partial charge in [0.2, 0.25) is 0 Å². The van der Waals surface area contributed by atoms with E-state index in [0.717, 1.165) is 58.2 Å². The first-order valence-corrected chi connectivity index (χ1v) is 14.4. The SMILES string of the molecule is CCc1c(C2=NC(=S)C(C)(C)N2C)nn(-c2ccc(Cl)cc2Cl)c1-c1ccc(CCc2ccc(F)cc2)s1. The second-order valence-electron chi connectivity index (χ2n) is 9.79. The van der Waals surface area contributed by atoms with E-state index in [2.05, 4.69) is 37.8 Å². The summed E-state index contributed by atoms with van der Waals surface area (Å²) in [5.41, 5.74) is 4.33. The summed E-state index contributed by atoms with van der Waals surface area (Å²) in [7, 11) is 2.00. The van der Waals surface area contributed by atoms with Crippen LogP contribution in [0, 0.1) is 5.82 Å². The molecule has 0 saturated heterocycles. The number of aryl methyl sites for hydroxylation is 2. The summed E-state index contributed by atoms with van der Waals surface area (Å²) in [6.07, 6.45) is 2.44. The molecule has 3 heterocycles. The maximum absolute atomic E-state index is 13.3. The van der Waals surface area contributed by atoms with Crippen LogP contribution in [0.25, 0.3) is 16.3 Å². The molecule has 0 atom stereocenters. The predicted octanol–water partition coefficient (Wildman–Crippen LogP) is 8.19. The van der Waals surface area contributed by atoms with Crippen LogP contribution in [0.2, 0.25) is 10.0 Å². The van der Waals surface area contributed by atoms with E-state index in [-0.39, 0.29) is 11.4 Å². The predicted molar refractivity (Wildman–Crippen MR) is 161 cm³/mol. The zero-order valence-corrected chi connectivity index (χ0v) is 24.7. The monoisotopic (exact) mass is 584 g/mol. The number of nitrogens with zero attached hydrogens (tertiary/aromatic N) is 4. The second kappa shape index (κ2) is 10.5. The van der Waals surface area contributed by atoms with Crippen LogP contribution in [0.3, 0.4) is 0 Å². The Morgan fingerprint density at radius 1 is 1.03 bits per heavy atom. The van der Waals surface area contributed by atoms with Gasteiger partial charge in [-0.3, -0.25) is 0 Å². The summed E-state index contributed by atoms with van der Waals surface area (Å²) in [5.74, 6) is 0.542. The van der Waals surface area contributed by atoms with Crippen LogP contribution in [0.4, 0.5) is 4.39 Å². The van der Waals surface area contributed by atoms with Crippen molar-refractivity contribution in [3.05, 3.63) is 92.2 Å². The molecule has 1 aliphatic rings. The third-order valence-electron chi connectivity index (χ3n) is 7.04. The van der Waals surface area contributed by atoms with Crippen LogP contribution in [-0.2, 0) is 19.3 Å². The van der Waals surface area contributed by atoms with Gasteiger partial charge < -0.3 is 4.90 Å². The van der Waals surface area contributed by atoms with Gasteiger partial charge in [0.1, 0.15) is 16.5 Å². The first kappa shape index (κ1) is 27.0. The lowest BCUT2D eigenvalue weighted by Crippen LogP contribution is -2.44. The van der Waals surface area contributed by atoms with Crippen molar-refractivity contribution in [1.82, 2.24) is 14.7 Å². The topological polar surface area (TPSA) is 33.4 Å². The Bertz CT molecular complexity index is 1550. The number of rotatable bonds is 7. The lowest BCUT2D eigenvalue weighted by Gasteiger charge is -2.29. The molecule has 0 N–H and O–H groups in total. The fraction of sp³-hybridized carbons (Fsp3) is 0.276. The van der Waals surface area contributed by atoms with Gasteiger partial charge in [-0.25, -0.2) is 14.1 Å². The number of aromatic nitrogens is 2. The van der Waals surface area contributed by atoms with Crippen LogP contribution in [-0.4, -0.2) is 38.1 Å². The van der Waals surface area contributed by atoms with Crippen LogP contribution >= 0.6 is 46.8 Å². The zero-order chi connectivity index (χ0) is 27.2. The van der Waals surface area contributed by atoms with Gasteiger partial charge >= 0.3 is 0 Å². The van der Waals surface area contributed by atoms with Crippen molar-refractivity contribution in [2.75, 3.05) is 7.05 Å². The molecule has 0 unspecified atom stereocenters. The minimum Gasteiger partial charge on any atom is -0.346 e. The molecule has 0 saturated carbocycles. The molecule has 0 aliphatic carbocycles. The maximum Gasteiger partial charge on any atom is 0.158 e. The normalized spacial score (nSPS) is 14.9. The van der Waals surface area contributed by atoms with Gasteiger partial charge in [0.05, 0.1) is 26.8 Å². The Balaban J connectivity index is 1.60. The van der Waals surface area contributed by atoms with Gasteiger partial charge in [-0.15, -0.1) is 11.3 Å². The van der Waals surface area contributed by atoms with Crippen LogP contribution in [0.1, 0.15) is 42.5 Å². The van der Waals surface area contributed by atoms with Crippen molar-refractivity contribution < 1.29 is 4.39 Å². The lowest BCUT2D eigenvalue weighted by molar-refractivity contribution is 0.363. The lowest BCUT2D eigenvalue weighted by atomic mass is 10.0. The Hall–Kier alpha value is -2.58. The van der Waals surface area contributed by atoms with E-state index in [1.807, 2.05) is 36.0 Å². The molecule has 4 nitrogen and oxygen atoms in total. The quantitative estimate of drug-likeness (QED) is 0.205. The molecule has 0 amide bonds. The molecule has 0 radical (unpaired) electrons. The van der Waals surface area contributed by atoms with E-state index >= 15 is 0 Å². The molecule has 0 spiro atoms. The number of halogens is 3. The average molecular weight is 586 g/mol. The second-order valence-corrected chi connectivity index (χ2v) is 12.2. The van der Waals surface area contributed by atoms with Crippen LogP contribution in [0.5, 0.6) is 0 Å². The number of hydrogen-bond donors (Lipinski definition) is 0. The highest BCUT2D eigenvalue weighted by atomic mass is 35.5. The van der Waals surface area contributed by atoms with Crippen molar-refractivity contribution >= 4 is 57.6 Å². The summed E-state index contributed by atoms with van der Waals surface area (Å²) < 4.78 is 15.2. The summed E-state index contributed by atoms with van der Waals surface area (Å²) >= 11 is 20.2. The fourth-order valence-corrected chi connectivity index (χ4v) is 6.31. The standard InChI is InChI=1S/C29H27Cl2FN4S2/c1-5-21-25(27-33-28(37)29(2,3)35(27)4)34-36(23-14-9-18(30)16-22(23)31)26(21)24-15-13-20(38-24)12-8-17-6-10-19(32)11-7-17/h6-7,9-11,13-16H,5,8,12H2,1-4H3. The molecular weight excluding hydrogens is 558 g/mol. The third-order valence-corrected chi connectivity index (χ3v) is 9.32. The van der Waals surface area contributed by atoms with Gasteiger partial charge in [-0.1, -0.05) is 54.5 Å². The number of hydrogen-bond acceptors (Lipinski definition) is 4. The van der Waals surface area contributed by atoms with Crippen molar-refractivity contribution in [2.24, 2.45) is 4.99 Å². The minimum absolute atomic E-state index is 0.217. The van der Waals surface area contributed by atoms with E-state index in [0.29, 0.717) is 15.0 Å². The van der Waals surface area contributed by atoms with Crippen LogP contribution < -0.4 is 0 Å². The highest BCUT2D eigenvalue weighted by Crippen LogP contribution is 2.38. The number of thiocarbonyl (C=S) groups is 1. The molecule has 0 bridgehead atoms. The number of likely N-dealkylation sites (N-methyl/N-ethyl adjacent to an activating group) is 1. The fourth-order valence-electron chi connectivity index (χ4n) is 4.53. The Morgan fingerprint density at radius 3 is 2.39 bits per heavy atom. The smallest absolute Gasteiger partial charge is 0.158 e. The van der Waals surface area contributed by atoms with E-state index < -0.39 is 0 Å². The van der Waals surface area contributed by atoms with Gasteiger partial charge in [0, 0.05) is 22.5 Å². The van der Waals surface area contributed by atoms with Gasteiger partial charge in [0.25, 0.3) is 0 Å². The number of thiophene rings is 1. The van der Waals surface area contributed by atoms with E-state index in [1.54, 1.807) is 17.4 Å². The van der Waals surface area contributed by atoms with Crippen molar-refractivity contribution in [3.63, 3.8) is 0 Å². The summed E-state index contributed by atoms with van der Waals surface area (Å²) in [4.78, 5) is 9.83. The Morgan fingerprint density at radius 2 is 1.76 bits per heavy atom. The van der Waals surface area contributed by atoms with Crippen molar-refractivity contribution in [1.29, 1.82) is 0 Å². The molecule has 1 aliphatic heterocycles. The molecule has 2 aromatic carbocycles. The molecule has 5 rings (SSSR count). The van der Waals surface area contributed by atoms with Crippen molar-refractivity contribution in [3.8, 4) is 16.3 Å². The van der Waals surface area contributed by atoms with Gasteiger partial charge in [-0.05, 0) is 81.1 Å². The number of aliphatic imine (C=N–C) groups is 1. The average Bonchev–Trinajstić information content (AvgIpc) is 3.55. The minimum atomic E-state index is -0.381. The highest BCUT2D eigenvalue weighted by Gasteiger charge is 2.40. The zero-order valence-electron chi connectivity index (χ0n) is 21.6. The molecule has 4 aromatic rings. The van der Waals surface area contributed by atoms with Gasteiger partial charge in [-0.2, -0.15) is 5.10 Å². The van der Waals surface area contributed by atoms with E-state index in [9.17, 15) is 4.39 Å². The van der Waals surface area contributed by atoms with E-state index in [4.69, 9.17) is 45.5 Å². The number of amidine groups is 1. The summed E-state index contributed by atoms with van der Waals surface area (Å²) in [5, 5.41) is 6.17.